The smallest absolute Gasteiger partial charge is 0.242 e. The van der Waals surface area contributed by atoms with Crippen molar-refractivity contribution >= 4 is 22.6 Å². The maximum Gasteiger partial charge on any atom is 0.242 e. The summed E-state index contributed by atoms with van der Waals surface area (Å²) in [4.78, 5) is 25.5. The van der Waals surface area contributed by atoms with E-state index in [9.17, 15) is 9.59 Å². The van der Waals surface area contributed by atoms with Crippen molar-refractivity contribution in [2.45, 2.75) is 39.2 Å². The number of carbonyl (C=O) groups is 2. The van der Waals surface area contributed by atoms with Gasteiger partial charge in [0, 0.05) is 6.54 Å². The van der Waals surface area contributed by atoms with Gasteiger partial charge in [-0.25, -0.2) is 0 Å². The molecule has 3 rings (SSSR count). The minimum atomic E-state index is -0.560. The van der Waals surface area contributed by atoms with E-state index in [4.69, 9.17) is 0 Å². The lowest BCUT2D eigenvalue weighted by molar-refractivity contribution is -0.129. The molecule has 0 heterocycles. The number of hydrogen-bond donors (Lipinski definition) is 2. The first-order valence-corrected chi connectivity index (χ1v) is 10.5. The van der Waals surface area contributed by atoms with Crippen molar-refractivity contribution in [1.82, 2.24) is 10.6 Å². The van der Waals surface area contributed by atoms with E-state index in [0.717, 1.165) is 16.3 Å². The number of rotatable bonds is 8. The molecule has 4 heteroatoms. The van der Waals surface area contributed by atoms with Crippen LogP contribution in [0.5, 0.6) is 0 Å². The number of nitrogens with one attached hydrogen (secondary N) is 2. The summed E-state index contributed by atoms with van der Waals surface area (Å²) in [6.45, 7) is 6.51. The first-order chi connectivity index (χ1) is 14.5. The van der Waals surface area contributed by atoms with E-state index in [0.29, 0.717) is 6.54 Å². The molecule has 3 aromatic rings. The highest BCUT2D eigenvalue weighted by atomic mass is 16.2. The molecule has 0 aliphatic rings. The number of fused-ring (bicyclic) bond motifs is 1. The molecule has 2 atom stereocenters. The largest absolute Gasteiger partial charge is 0.354 e. The van der Waals surface area contributed by atoms with Gasteiger partial charge in [-0.2, -0.15) is 0 Å². The summed E-state index contributed by atoms with van der Waals surface area (Å²) in [6, 6.07) is 23.5. The van der Waals surface area contributed by atoms with Crippen LogP contribution in [-0.4, -0.2) is 24.4 Å². The summed E-state index contributed by atoms with van der Waals surface area (Å²) in [5, 5.41) is 8.12. The fourth-order valence-corrected chi connectivity index (χ4v) is 3.64. The number of carbonyl (C=O) groups excluding carboxylic acids is 2. The average Bonchev–Trinajstić information content (AvgIpc) is 2.76. The third-order valence-corrected chi connectivity index (χ3v) is 5.45. The minimum absolute atomic E-state index is 0.00602. The quantitative estimate of drug-likeness (QED) is 0.585. The normalized spacial score (nSPS) is 13.1. The van der Waals surface area contributed by atoms with Crippen LogP contribution in [0.4, 0.5) is 0 Å². The van der Waals surface area contributed by atoms with Gasteiger partial charge in [0.05, 0.1) is 6.42 Å². The highest BCUT2D eigenvalue weighted by molar-refractivity contribution is 5.92. The van der Waals surface area contributed by atoms with Gasteiger partial charge in [-0.3, -0.25) is 9.59 Å². The first-order valence-electron chi connectivity index (χ1n) is 10.5. The lowest BCUT2D eigenvalue weighted by Crippen LogP contribution is -2.50. The monoisotopic (exact) mass is 402 g/mol. The predicted molar refractivity (Wildman–Crippen MR) is 122 cm³/mol. The molecule has 0 aliphatic carbocycles. The van der Waals surface area contributed by atoms with Crippen LogP contribution in [0.1, 0.15) is 37.8 Å². The Bertz CT molecular complexity index is 993. The van der Waals surface area contributed by atoms with Gasteiger partial charge in [-0.1, -0.05) is 93.6 Å². The molecule has 2 amide bonds. The molecular formula is C26H30N2O2. The Morgan fingerprint density at radius 3 is 2.23 bits per heavy atom. The Morgan fingerprint density at radius 1 is 0.833 bits per heavy atom. The van der Waals surface area contributed by atoms with Gasteiger partial charge in [0.25, 0.3) is 0 Å². The van der Waals surface area contributed by atoms with E-state index < -0.39 is 6.04 Å². The number of hydrogen-bond acceptors (Lipinski definition) is 2. The summed E-state index contributed by atoms with van der Waals surface area (Å²) in [7, 11) is 0. The molecule has 0 spiro atoms. The Labute approximate surface area is 178 Å². The molecule has 0 aliphatic heterocycles. The van der Waals surface area contributed by atoms with Crippen LogP contribution in [0.3, 0.4) is 0 Å². The number of amides is 2. The summed E-state index contributed by atoms with van der Waals surface area (Å²) in [6.07, 6.45) is 0.248. The van der Waals surface area contributed by atoms with Crippen LogP contribution in [0.25, 0.3) is 10.8 Å². The van der Waals surface area contributed by atoms with E-state index in [-0.39, 0.29) is 30.1 Å². The van der Waals surface area contributed by atoms with Crippen molar-refractivity contribution in [2.75, 3.05) is 6.54 Å². The summed E-state index contributed by atoms with van der Waals surface area (Å²) in [5.41, 5.74) is 2.14. The molecule has 0 saturated carbocycles. The van der Waals surface area contributed by atoms with Crippen LogP contribution in [0.2, 0.25) is 0 Å². The predicted octanol–water partition coefficient (Wildman–Crippen LogP) is 4.44. The van der Waals surface area contributed by atoms with Crippen LogP contribution in [0, 0.1) is 5.92 Å². The highest BCUT2D eigenvalue weighted by Crippen LogP contribution is 2.19. The molecule has 4 nitrogen and oxygen atoms in total. The van der Waals surface area contributed by atoms with Crippen LogP contribution < -0.4 is 10.6 Å². The van der Waals surface area contributed by atoms with Crippen molar-refractivity contribution in [3.8, 4) is 0 Å². The zero-order valence-corrected chi connectivity index (χ0v) is 17.9. The topological polar surface area (TPSA) is 58.2 Å². The molecule has 0 aromatic heterocycles. The van der Waals surface area contributed by atoms with Crippen LogP contribution >= 0.6 is 0 Å². The maximum absolute atomic E-state index is 12.8. The third kappa shape index (κ3) is 5.47. The molecule has 156 valence electrons. The van der Waals surface area contributed by atoms with Gasteiger partial charge in [0.1, 0.15) is 6.04 Å². The molecule has 3 aromatic carbocycles. The Balaban J connectivity index is 1.61. The van der Waals surface area contributed by atoms with Gasteiger partial charge in [0.2, 0.25) is 11.8 Å². The second-order valence-electron chi connectivity index (χ2n) is 8.16. The van der Waals surface area contributed by atoms with Crippen LogP contribution in [0.15, 0.2) is 72.8 Å². The number of benzene rings is 3. The van der Waals surface area contributed by atoms with Gasteiger partial charge >= 0.3 is 0 Å². The molecule has 0 fully saturated rings. The average molecular weight is 403 g/mol. The van der Waals surface area contributed by atoms with E-state index in [2.05, 4.69) is 29.7 Å². The zero-order chi connectivity index (χ0) is 21.5. The van der Waals surface area contributed by atoms with Gasteiger partial charge in [-0.05, 0) is 33.7 Å². The van der Waals surface area contributed by atoms with E-state index in [1.165, 1.54) is 5.56 Å². The van der Waals surface area contributed by atoms with Crippen molar-refractivity contribution in [1.29, 1.82) is 0 Å². The Morgan fingerprint density at radius 2 is 1.50 bits per heavy atom. The Hall–Kier alpha value is -3.14. The molecule has 30 heavy (non-hydrogen) atoms. The molecular weight excluding hydrogens is 372 g/mol. The maximum atomic E-state index is 12.8. The lowest BCUT2D eigenvalue weighted by Gasteiger charge is -2.23. The van der Waals surface area contributed by atoms with Crippen LogP contribution in [-0.2, 0) is 16.0 Å². The molecule has 2 N–H and O–H groups in total. The van der Waals surface area contributed by atoms with E-state index in [1.807, 2.05) is 74.5 Å². The highest BCUT2D eigenvalue weighted by Gasteiger charge is 2.24. The van der Waals surface area contributed by atoms with Crippen molar-refractivity contribution < 1.29 is 9.59 Å². The molecule has 0 bridgehead atoms. The standard InChI is InChI=1S/C26H30N2O2/c1-18(2)25(26(30)27-17-19(3)20-10-5-4-6-11-20)28-24(29)16-22-14-9-13-21-12-7-8-15-23(21)22/h4-15,18-19,25H,16-17H2,1-3H3,(H,27,30)(H,28,29)/t19-,25+/m1/s1. The second kappa shape index (κ2) is 10.1. The fraction of sp³-hybridized carbons (Fsp3) is 0.308. The van der Waals surface area contributed by atoms with Gasteiger partial charge in [-0.15, -0.1) is 0 Å². The fourth-order valence-electron chi connectivity index (χ4n) is 3.64. The molecule has 0 unspecified atom stereocenters. The van der Waals surface area contributed by atoms with E-state index >= 15 is 0 Å². The molecule has 0 radical (unpaired) electrons. The summed E-state index contributed by atoms with van der Waals surface area (Å²) >= 11 is 0. The summed E-state index contributed by atoms with van der Waals surface area (Å²) < 4.78 is 0. The summed E-state index contributed by atoms with van der Waals surface area (Å²) in [5.74, 6) is -0.0850. The lowest BCUT2D eigenvalue weighted by atomic mass is 9.99. The Kier molecular flexibility index (Phi) is 7.23. The van der Waals surface area contributed by atoms with Crippen molar-refractivity contribution in [2.24, 2.45) is 5.92 Å². The van der Waals surface area contributed by atoms with Crippen molar-refractivity contribution in [3.63, 3.8) is 0 Å². The van der Waals surface area contributed by atoms with E-state index in [1.54, 1.807) is 0 Å². The molecule has 0 saturated heterocycles. The minimum Gasteiger partial charge on any atom is -0.354 e. The van der Waals surface area contributed by atoms with Crippen molar-refractivity contribution in [3.05, 3.63) is 83.9 Å². The van der Waals surface area contributed by atoms with Gasteiger partial charge < -0.3 is 10.6 Å². The second-order valence-corrected chi connectivity index (χ2v) is 8.16. The zero-order valence-electron chi connectivity index (χ0n) is 17.9. The third-order valence-electron chi connectivity index (χ3n) is 5.45. The first kappa shape index (κ1) is 21.6. The van der Waals surface area contributed by atoms with Gasteiger partial charge in [0.15, 0.2) is 0 Å². The SMILES string of the molecule is CC(C)[C@H](NC(=O)Cc1cccc2ccccc12)C(=O)NC[C@@H](C)c1ccccc1.